The van der Waals surface area contributed by atoms with E-state index >= 15 is 0 Å². The number of aromatic nitrogens is 4. The molecule has 3 rings (SSSR count). The maximum absolute atomic E-state index is 12.4. The number of nitrogens with zero attached hydrogens (tertiary/aromatic N) is 5. The van der Waals surface area contributed by atoms with Crippen LogP contribution in [-0.4, -0.2) is 43.2 Å². The van der Waals surface area contributed by atoms with Crippen LogP contribution in [0.2, 0.25) is 0 Å². The summed E-state index contributed by atoms with van der Waals surface area (Å²) in [4.78, 5) is 18.2. The van der Waals surface area contributed by atoms with Crippen LogP contribution in [0.1, 0.15) is 29.4 Å². The minimum atomic E-state index is 0.0448. The lowest BCUT2D eigenvalue weighted by Gasteiger charge is -2.32. The predicted octanol–water partition coefficient (Wildman–Crippen LogP) is 0.676. The first kappa shape index (κ1) is 12.7. The van der Waals surface area contributed by atoms with Gasteiger partial charge in [0.05, 0.1) is 18.6 Å². The third-order valence-electron chi connectivity index (χ3n) is 3.79. The van der Waals surface area contributed by atoms with Crippen LogP contribution in [0.5, 0.6) is 0 Å². The normalized spacial score (nSPS) is 16.6. The summed E-state index contributed by atoms with van der Waals surface area (Å²) < 4.78 is 3.66. The van der Waals surface area contributed by atoms with Crippen LogP contribution in [0, 0.1) is 0 Å². The first-order valence-electron chi connectivity index (χ1n) is 6.71. The zero-order chi connectivity index (χ0) is 14.1. The zero-order valence-electron chi connectivity index (χ0n) is 11.4. The van der Waals surface area contributed by atoms with Gasteiger partial charge in [-0.25, -0.2) is 4.98 Å². The molecule has 7 nitrogen and oxygen atoms in total. The Bertz CT molecular complexity index is 608. The predicted molar refractivity (Wildman–Crippen MR) is 74.0 cm³/mol. The van der Waals surface area contributed by atoms with Gasteiger partial charge in [-0.1, -0.05) is 0 Å². The van der Waals surface area contributed by atoms with Gasteiger partial charge in [0.1, 0.15) is 11.5 Å². The molecule has 2 N–H and O–H groups in total. The Hall–Kier alpha value is -2.31. The Kier molecular flexibility index (Phi) is 3.17. The third-order valence-corrected chi connectivity index (χ3v) is 3.79. The van der Waals surface area contributed by atoms with E-state index in [0.29, 0.717) is 17.6 Å². The number of likely N-dealkylation sites (tertiary alicyclic amines) is 1. The van der Waals surface area contributed by atoms with Crippen LogP contribution in [0.3, 0.4) is 0 Å². The van der Waals surface area contributed by atoms with Crippen LogP contribution in [0.15, 0.2) is 24.8 Å². The molecule has 0 bridgehead atoms. The molecule has 2 aromatic heterocycles. The fourth-order valence-corrected chi connectivity index (χ4v) is 2.61. The molecule has 1 amide bonds. The highest BCUT2D eigenvalue weighted by Gasteiger charge is 2.26. The molecule has 0 spiro atoms. The van der Waals surface area contributed by atoms with Crippen LogP contribution >= 0.6 is 0 Å². The first-order valence-corrected chi connectivity index (χ1v) is 6.71. The molecule has 1 saturated heterocycles. The van der Waals surface area contributed by atoms with Crippen molar-refractivity contribution in [1.82, 2.24) is 24.2 Å². The van der Waals surface area contributed by atoms with Crippen molar-refractivity contribution in [3.8, 4) is 0 Å². The van der Waals surface area contributed by atoms with E-state index in [-0.39, 0.29) is 5.91 Å². The van der Waals surface area contributed by atoms with Crippen LogP contribution in [-0.2, 0) is 7.05 Å². The highest BCUT2D eigenvalue weighted by molar-refractivity contribution is 5.92. The Morgan fingerprint density at radius 1 is 1.40 bits per heavy atom. The maximum Gasteiger partial charge on any atom is 0.272 e. The number of nitrogen functional groups attached to an aromatic ring is 1. The van der Waals surface area contributed by atoms with E-state index in [1.165, 1.54) is 0 Å². The minimum Gasteiger partial charge on any atom is -0.382 e. The van der Waals surface area contributed by atoms with Gasteiger partial charge in [0, 0.05) is 26.3 Å². The van der Waals surface area contributed by atoms with E-state index in [2.05, 4.69) is 10.1 Å². The van der Waals surface area contributed by atoms with Crippen molar-refractivity contribution in [3.05, 3.63) is 30.5 Å². The van der Waals surface area contributed by atoms with Gasteiger partial charge < -0.3 is 15.2 Å². The van der Waals surface area contributed by atoms with Gasteiger partial charge in [-0.15, -0.1) is 0 Å². The minimum absolute atomic E-state index is 0.0448. The van der Waals surface area contributed by atoms with Crippen molar-refractivity contribution in [1.29, 1.82) is 0 Å². The fraction of sp³-hybridized carbons (Fsp3) is 0.462. The number of hydrogen-bond donors (Lipinski definition) is 1. The lowest BCUT2D eigenvalue weighted by molar-refractivity contribution is 0.0680. The summed E-state index contributed by atoms with van der Waals surface area (Å²) in [7, 11) is 1.83. The highest BCUT2D eigenvalue weighted by Crippen LogP contribution is 2.23. The lowest BCUT2D eigenvalue weighted by atomic mass is 10.1. The van der Waals surface area contributed by atoms with Gasteiger partial charge in [-0.05, 0) is 18.9 Å². The van der Waals surface area contributed by atoms with E-state index in [0.717, 1.165) is 25.9 Å². The molecular formula is C13H18N6O. The number of hydrogen-bond acceptors (Lipinski definition) is 4. The molecule has 106 valence electrons. The largest absolute Gasteiger partial charge is 0.382 e. The van der Waals surface area contributed by atoms with Crippen molar-refractivity contribution in [3.63, 3.8) is 0 Å². The van der Waals surface area contributed by atoms with Gasteiger partial charge in [0.25, 0.3) is 5.91 Å². The number of rotatable bonds is 2. The van der Waals surface area contributed by atoms with Crippen molar-refractivity contribution < 1.29 is 4.79 Å². The number of amides is 1. The first-order chi connectivity index (χ1) is 9.65. The summed E-state index contributed by atoms with van der Waals surface area (Å²) in [5.41, 5.74) is 6.27. The number of anilines is 1. The summed E-state index contributed by atoms with van der Waals surface area (Å²) in [6.07, 6.45) is 6.95. The van der Waals surface area contributed by atoms with Crippen LogP contribution < -0.4 is 5.73 Å². The zero-order valence-corrected chi connectivity index (χ0v) is 11.4. The monoisotopic (exact) mass is 274 g/mol. The molecule has 0 saturated carbocycles. The van der Waals surface area contributed by atoms with E-state index in [4.69, 9.17) is 5.73 Å². The van der Waals surface area contributed by atoms with E-state index in [1.54, 1.807) is 23.2 Å². The summed E-state index contributed by atoms with van der Waals surface area (Å²) in [5, 5.41) is 4.25. The molecule has 1 aliphatic rings. The number of aryl methyl sites for hydroxylation is 1. The summed E-state index contributed by atoms with van der Waals surface area (Å²) in [5.74, 6) is 0.585. The molecular weight excluding hydrogens is 256 g/mol. The Morgan fingerprint density at radius 3 is 2.70 bits per heavy atom. The van der Waals surface area contributed by atoms with Crippen LogP contribution in [0.25, 0.3) is 0 Å². The molecule has 1 fully saturated rings. The molecule has 20 heavy (non-hydrogen) atoms. The average Bonchev–Trinajstić information content (AvgIpc) is 3.07. The van der Waals surface area contributed by atoms with E-state index in [1.807, 2.05) is 22.8 Å². The summed E-state index contributed by atoms with van der Waals surface area (Å²) >= 11 is 0. The van der Waals surface area contributed by atoms with Crippen molar-refractivity contribution >= 4 is 11.7 Å². The van der Waals surface area contributed by atoms with Crippen LogP contribution in [0.4, 0.5) is 5.82 Å². The quantitative estimate of drug-likeness (QED) is 0.873. The number of nitrogens with two attached hydrogens (primary N) is 1. The van der Waals surface area contributed by atoms with E-state index in [9.17, 15) is 4.79 Å². The SMILES string of the molecule is Cn1cncc1C(=O)N1CCC(n2ccc(N)n2)CC1. The second-order valence-electron chi connectivity index (χ2n) is 5.13. The van der Waals surface area contributed by atoms with Gasteiger partial charge in [0.2, 0.25) is 0 Å². The Balaban J connectivity index is 1.64. The molecule has 0 aliphatic carbocycles. The van der Waals surface area contributed by atoms with Crippen molar-refractivity contribution in [2.45, 2.75) is 18.9 Å². The second-order valence-corrected chi connectivity index (χ2v) is 5.13. The maximum atomic E-state index is 12.4. The summed E-state index contributed by atoms with van der Waals surface area (Å²) in [6.45, 7) is 1.46. The molecule has 3 heterocycles. The standard InChI is InChI=1S/C13H18N6O/c1-17-9-15-8-11(17)13(20)18-5-2-10(3-6-18)19-7-4-12(14)16-19/h4,7-10H,2-3,5-6H2,1H3,(H2,14,16). The highest BCUT2D eigenvalue weighted by atomic mass is 16.2. The Labute approximate surface area is 117 Å². The van der Waals surface area contributed by atoms with Gasteiger partial charge in [-0.3, -0.25) is 9.48 Å². The molecule has 2 aromatic rings. The second kappa shape index (κ2) is 4.99. The number of piperidine rings is 1. The van der Waals surface area contributed by atoms with Gasteiger partial charge in [0.15, 0.2) is 0 Å². The summed E-state index contributed by atoms with van der Waals surface area (Å²) in [6, 6.07) is 2.12. The van der Waals surface area contributed by atoms with Crippen molar-refractivity contribution in [2.75, 3.05) is 18.8 Å². The Morgan fingerprint density at radius 2 is 2.15 bits per heavy atom. The topological polar surface area (TPSA) is 82.0 Å². The van der Waals surface area contributed by atoms with E-state index < -0.39 is 0 Å². The number of imidazole rings is 1. The van der Waals surface area contributed by atoms with Gasteiger partial charge >= 0.3 is 0 Å². The average molecular weight is 274 g/mol. The molecule has 0 aromatic carbocycles. The molecule has 1 aliphatic heterocycles. The van der Waals surface area contributed by atoms with Crippen molar-refractivity contribution in [2.24, 2.45) is 7.05 Å². The number of carbonyl (C=O) groups excluding carboxylic acids is 1. The van der Waals surface area contributed by atoms with Gasteiger partial charge in [-0.2, -0.15) is 5.10 Å². The smallest absolute Gasteiger partial charge is 0.272 e. The third kappa shape index (κ3) is 2.26. The number of carbonyl (C=O) groups is 1. The fourth-order valence-electron chi connectivity index (χ4n) is 2.61. The molecule has 0 atom stereocenters. The molecule has 0 unspecified atom stereocenters. The molecule has 7 heteroatoms. The molecule has 0 radical (unpaired) electrons. The lowest BCUT2D eigenvalue weighted by Crippen LogP contribution is -2.39.